The number of rotatable bonds is 5. The van der Waals surface area contributed by atoms with Crippen LogP contribution in [0.5, 0.6) is 5.75 Å². The number of hydrogen-bond acceptors (Lipinski definition) is 3. The first-order valence-corrected chi connectivity index (χ1v) is 5.98. The highest BCUT2D eigenvalue weighted by Crippen LogP contribution is 2.28. The van der Waals surface area contributed by atoms with Crippen LogP contribution in [0.25, 0.3) is 0 Å². The SMILES string of the molecule is NCC#Cc1ccc(OCOCC2CC2)cc1F. The molecule has 2 rings (SSSR count). The van der Waals surface area contributed by atoms with Crippen LogP contribution in [0.15, 0.2) is 18.2 Å². The third kappa shape index (κ3) is 4.02. The molecule has 1 fully saturated rings. The highest BCUT2D eigenvalue weighted by atomic mass is 19.1. The second-order valence-corrected chi connectivity index (χ2v) is 4.22. The summed E-state index contributed by atoms with van der Waals surface area (Å²) in [5.74, 6) is 6.00. The topological polar surface area (TPSA) is 44.5 Å². The van der Waals surface area contributed by atoms with Crippen molar-refractivity contribution in [2.75, 3.05) is 19.9 Å². The van der Waals surface area contributed by atoms with Crippen molar-refractivity contribution < 1.29 is 13.9 Å². The Bertz CT molecular complexity index is 461. The lowest BCUT2D eigenvalue weighted by Crippen LogP contribution is -2.05. The normalized spacial score (nSPS) is 13.9. The minimum absolute atomic E-state index is 0.157. The van der Waals surface area contributed by atoms with E-state index in [1.165, 1.54) is 18.9 Å². The van der Waals surface area contributed by atoms with E-state index in [0.29, 0.717) is 17.2 Å². The average Bonchev–Trinajstić information content (AvgIpc) is 3.18. The molecule has 0 aliphatic heterocycles. The number of hydrogen-bond donors (Lipinski definition) is 1. The van der Waals surface area contributed by atoms with E-state index in [9.17, 15) is 4.39 Å². The van der Waals surface area contributed by atoms with Gasteiger partial charge >= 0.3 is 0 Å². The van der Waals surface area contributed by atoms with E-state index in [-0.39, 0.29) is 13.3 Å². The maximum Gasteiger partial charge on any atom is 0.189 e. The summed E-state index contributed by atoms with van der Waals surface area (Å²) in [5, 5.41) is 0. The monoisotopic (exact) mass is 249 g/mol. The second-order valence-electron chi connectivity index (χ2n) is 4.22. The minimum atomic E-state index is -0.407. The first kappa shape index (κ1) is 12.9. The summed E-state index contributed by atoms with van der Waals surface area (Å²) in [6, 6.07) is 4.55. The lowest BCUT2D eigenvalue weighted by atomic mass is 10.2. The van der Waals surface area contributed by atoms with Gasteiger partial charge < -0.3 is 15.2 Å². The van der Waals surface area contributed by atoms with Gasteiger partial charge in [-0.2, -0.15) is 0 Å². The second kappa shape index (κ2) is 6.39. The fourth-order valence-electron chi connectivity index (χ4n) is 1.44. The van der Waals surface area contributed by atoms with Crippen LogP contribution in [-0.4, -0.2) is 19.9 Å². The first-order chi connectivity index (χ1) is 8.79. The Hall–Kier alpha value is -1.57. The van der Waals surface area contributed by atoms with Gasteiger partial charge in [0, 0.05) is 6.07 Å². The molecule has 1 aromatic carbocycles. The first-order valence-electron chi connectivity index (χ1n) is 5.98. The van der Waals surface area contributed by atoms with Crippen molar-refractivity contribution in [2.24, 2.45) is 11.7 Å². The Morgan fingerprint density at radius 2 is 2.22 bits per heavy atom. The lowest BCUT2D eigenvalue weighted by Gasteiger charge is -2.07. The zero-order valence-electron chi connectivity index (χ0n) is 10.1. The van der Waals surface area contributed by atoms with Crippen LogP contribution in [0, 0.1) is 23.6 Å². The van der Waals surface area contributed by atoms with E-state index in [1.807, 2.05) is 0 Å². The average molecular weight is 249 g/mol. The van der Waals surface area contributed by atoms with Crippen LogP contribution in [-0.2, 0) is 4.74 Å². The van der Waals surface area contributed by atoms with Crippen molar-refractivity contribution in [3.63, 3.8) is 0 Å². The molecule has 18 heavy (non-hydrogen) atoms. The molecule has 1 aliphatic carbocycles. The molecule has 0 spiro atoms. The Labute approximate surface area is 106 Å². The minimum Gasteiger partial charge on any atom is -0.467 e. The predicted octanol–water partition coefficient (Wildman–Crippen LogP) is 1.90. The van der Waals surface area contributed by atoms with Crippen LogP contribution in [0.3, 0.4) is 0 Å². The van der Waals surface area contributed by atoms with Gasteiger partial charge in [0.05, 0.1) is 18.7 Å². The molecule has 0 heterocycles. The van der Waals surface area contributed by atoms with Crippen LogP contribution in [0.4, 0.5) is 4.39 Å². The van der Waals surface area contributed by atoms with Gasteiger partial charge in [-0.05, 0) is 30.9 Å². The van der Waals surface area contributed by atoms with Crippen molar-refractivity contribution in [1.82, 2.24) is 0 Å². The molecule has 0 bridgehead atoms. The van der Waals surface area contributed by atoms with Gasteiger partial charge in [-0.3, -0.25) is 0 Å². The van der Waals surface area contributed by atoms with Crippen LogP contribution >= 0.6 is 0 Å². The molecule has 0 radical (unpaired) electrons. The van der Waals surface area contributed by atoms with Crippen molar-refractivity contribution in [1.29, 1.82) is 0 Å². The Morgan fingerprint density at radius 3 is 2.89 bits per heavy atom. The molecule has 2 N–H and O–H groups in total. The molecule has 1 aliphatic rings. The number of benzene rings is 1. The third-order valence-corrected chi connectivity index (χ3v) is 2.63. The molecular weight excluding hydrogens is 233 g/mol. The van der Waals surface area contributed by atoms with Crippen molar-refractivity contribution in [3.05, 3.63) is 29.6 Å². The molecule has 0 aromatic heterocycles. The van der Waals surface area contributed by atoms with E-state index in [2.05, 4.69) is 11.8 Å². The van der Waals surface area contributed by atoms with E-state index in [0.717, 1.165) is 6.61 Å². The molecule has 3 nitrogen and oxygen atoms in total. The zero-order chi connectivity index (χ0) is 12.8. The Balaban J connectivity index is 1.83. The van der Waals surface area contributed by atoms with Crippen LogP contribution < -0.4 is 10.5 Å². The molecule has 4 heteroatoms. The summed E-state index contributed by atoms with van der Waals surface area (Å²) < 4.78 is 24.2. The highest BCUT2D eigenvalue weighted by Gasteiger charge is 2.21. The molecule has 96 valence electrons. The van der Waals surface area contributed by atoms with Crippen LogP contribution in [0.2, 0.25) is 0 Å². The molecule has 0 atom stereocenters. The predicted molar refractivity (Wildman–Crippen MR) is 66.5 cm³/mol. The van der Waals surface area contributed by atoms with Gasteiger partial charge in [0.1, 0.15) is 11.6 Å². The van der Waals surface area contributed by atoms with Gasteiger partial charge in [-0.1, -0.05) is 11.8 Å². The van der Waals surface area contributed by atoms with E-state index >= 15 is 0 Å². The van der Waals surface area contributed by atoms with E-state index in [4.69, 9.17) is 15.2 Å². The third-order valence-electron chi connectivity index (χ3n) is 2.63. The molecular formula is C14H16FNO2. The van der Waals surface area contributed by atoms with Gasteiger partial charge in [-0.25, -0.2) is 4.39 Å². The fraction of sp³-hybridized carbons (Fsp3) is 0.429. The zero-order valence-corrected chi connectivity index (χ0v) is 10.1. The number of ether oxygens (including phenoxy) is 2. The van der Waals surface area contributed by atoms with Crippen molar-refractivity contribution in [3.8, 4) is 17.6 Å². The van der Waals surface area contributed by atoms with Gasteiger partial charge in [0.2, 0.25) is 0 Å². The number of halogens is 1. The molecule has 0 saturated heterocycles. The maximum atomic E-state index is 13.6. The van der Waals surface area contributed by atoms with Crippen molar-refractivity contribution >= 4 is 0 Å². The fourth-order valence-corrected chi connectivity index (χ4v) is 1.44. The summed E-state index contributed by atoms with van der Waals surface area (Å²) in [5.41, 5.74) is 5.56. The van der Waals surface area contributed by atoms with E-state index in [1.54, 1.807) is 12.1 Å². The maximum absolute atomic E-state index is 13.6. The molecule has 1 saturated carbocycles. The summed E-state index contributed by atoms with van der Waals surface area (Å²) in [4.78, 5) is 0. The standard InChI is InChI=1S/C14H16FNO2/c15-14-8-13(6-5-12(14)2-1-7-16)18-10-17-9-11-3-4-11/h5-6,8,11H,3-4,7,9-10,16H2. The molecule has 0 unspecified atom stereocenters. The van der Waals surface area contributed by atoms with Gasteiger partial charge in [0.15, 0.2) is 6.79 Å². The smallest absolute Gasteiger partial charge is 0.189 e. The quantitative estimate of drug-likeness (QED) is 0.492. The summed E-state index contributed by atoms with van der Waals surface area (Å²) >= 11 is 0. The Morgan fingerprint density at radius 1 is 1.39 bits per heavy atom. The lowest BCUT2D eigenvalue weighted by molar-refractivity contribution is 0.00983. The summed E-state index contributed by atoms with van der Waals surface area (Å²) in [7, 11) is 0. The summed E-state index contributed by atoms with van der Waals surface area (Å²) in [6.07, 6.45) is 2.48. The van der Waals surface area contributed by atoms with Crippen LogP contribution in [0.1, 0.15) is 18.4 Å². The summed E-state index contributed by atoms with van der Waals surface area (Å²) in [6.45, 7) is 1.10. The van der Waals surface area contributed by atoms with Gasteiger partial charge in [-0.15, -0.1) is 0 Å². The number of nitrogens with two attached hydrogens (primary N) is 1. The largest absolute Gasteiger partial charge is 0.467 e. The van der Waals surface area contributed by atoms with E-state index < -0.39 is 5.82 Å². The highest BCUT2D eigenvalue weighted by molar-refractivity contribution is 5.39. The molecule has 1 aromatic rings. The Kier molecular flexibility index (Phi) is 4.57. The molecule has 0 amide bonds. The van der Waals surface area contributed by atoms with Crippen molar-refractivity contribution in [2.45, 2.75) is 12.8 Å². The van der Waals surface area contributed by atoms with Gasteiger partial charge in [0.25, 0.3) is 0 Å².